The molecular weight excluding hydrogens is 272 g/mol. The lowest BCUT2D eigenvalue weighted by Gasteiger charge is -2.32. The summed E-state index contributed by atoms with van der Waals surface area (Å²) in [7, 11) is 0. The lowest BCUT2D eigenvalue weighted by Crippen LogP contribution is -2.44. The Hall–Kier alpha value is -2.12. The molecule has 0 aromatic heterocycles. The Morgan fingerprint density at radius 2 is 1.10 bits per heavy atom. The molecule has 0 aromatic rings. The first-order valence-corrected chi connectivity index (χ1v) is 6.15. The molecule has 0 radical (unpaired) electrons. The molecule has 0 heterocycles. The number of hydrogen-bond acceptors (Lipinski definition) is 4. The molecule has 0 spiro atoms. The monoisotopic (exact) mass is 288 g/mol. The van der Waals surface area contributed by atoms with Gasteiger partial charge in [-0.25, -0.2) is 0 Å². The number of carbonyl (C=O) groups is 4. The maximum absolute atomic E-state index is 10.4. The number of rotatable bonds is 4. The summed E-state index contributed by atoms with van der Waals surface area (Å²) in [5, 5.41) is 33.7. The van der Waals surface area contributed by atoms with Gasteiger partial charge >= 0.3 is 23.9 Å². The minimum absolute atomic E-state index is 0.275. The Bertz CT molecular complexity index is 401. The van der Waals surface area contributed by atoms with Crippen LogP contribution in [0, 0.1) is 17.3 Å². The van der Waals surface area contributed by atoms with Crippen LogP contribution in [-0.2, 0) is 19.2 Å². The van der Waals surface area contributed by atoms with E-state index in [1.54, 1.807) is 0 Å². The zero-order valence-electron chi connectivity index (χ0n) is 10.6. The van der Waals surface area contributed by atoms with Crippen molar-refractivity contribution in [2.75, 3.05) is 0 Å². The molecule has 2 fully saturated rings. The Labute approximate surface area is 114 Å². The number of carboxylic acids is 4. The van der Waals surface area contributed by atoms with E-state index in [0.717, 1.165) is 0 Å². The number of carboxylic acid groups (broad SMARTS) is 4. The molecule has 4 N–H and O–H groups in total. The lowest BCUT2D eigenvalue weighted by atomic mass is 9.69. The zero-order valence-corrected chi connectivity index (χ0v) is 10.6. The maximum Gasteiger partial charge on any atom is 0.321 e. The van der Waals surface area contributed by atoms with Crippen LogP contribution in [0.3, 0.4) is 0 Å². The quantitative estimate of drug-likeness (QED) is 0.546. The van der Waals surface area contributed by atoms with E-state index in [2.05, 4.69) is 0 Å². The van der Waals surface area contributed by atoms with E-state index in [1.807, 2.05) is 0 Å². The standard InChI is InChI=1S/2C6H8O4/c7-4(8)6(5(9)10)2-1-3-6;7-5(8)3-1-2-4(3)6(9)10/h1-3H2,(H,7,8)(H,9,10);3-4H,1-2H2,(H,7,8)(H,9,10)/t;3-,4+. The van der Waals surface area contributed by atoms with Crippen molar-refractivity contribution in [2.24, 2.45) is 17.3 Å². The summed E-state index contributed by atoms with van der Waals surface area (Å²) in [6.45, 7) is 0. The van der Waals surface area contributed by atoms with Crippen molar-refractivity contribution < 1.29 is 39.6 Å². The van der Waals surface area contributed by atoms with Gasteiger partial charge in [-0.2, -0.15) is 0 Å². The first-order valence-electron chi connectivity index (χ1n) is 6.15. The Morgan fingerprint density at radius 3 is 1.15 bits per heavy atom. The number of hydrogen-bond donors (Lipinski definition) is 4. The van der Waals surface area contributed by atoms with Gasteiger partial charge in [0.15, 0.2) is 5.41 Å². The second-order valence-electron chi connectivity index (χ2n) is 5.01. The highest BCUT2D eigenvalue weighted by atomic mass is 16.4. The van der Waals surface area contributed by atoms with Crippen LogP contribution in [-0.4, -0.2) is 44.3 Å². The van der Waals surface area contributed by atoms with Crippen molar-refractivity contribution in [3.05, 3.63) is 0 Å². The molecule has 2 rings (SSSR count). The van der Waals surface area contributed by atoms with E-state index < -0.39 is 41.1 Å². The van der Waals surface area contributed by atoms with Gasteiger partial charge in [0.25, 0.3) is 0 Å². The predicted molar refractivity (Wildman–Crippen MR) is 63.0 cm³/mol. The molecule has 8 heteroatoms. The summed E-state index contributed by atoms with van der Waals surface area (Å²) < 4.78 is 0. The van der Waals surface area contributed by atoms with E-state index >= 15 is 0 Å². The zero-order chi connectivity index (χ0) is 15.5. The van der Waals surface area contributed by atoms with Gasteiger partial charge in [-0.3, -0.25) is 19.2 Å². The SMILES string of the molecule is O=C(O)C1(C(=O)O)CCC1.O=C(O)[C@H]1CC[C@H]1C(=O)O. The topological polar surface area (TPSA) is 149 Å². The van der Waals surface area contributed by atoms with Crippen molar-refractivity contribution >= 4 is 23.9 Å². The lowest BCUT2D eigenvalue weighted by molar-refractivity contribution is -0.171. The molecule has 0 bridgehead atoms. The summed E-state index contributed by atoms with van der Waals surface area (Å²) >= 11 is 0. The second-order valence-corrected chi connectivity index (χ2v) is 5.01. The first kappa shape index (κ1) is 15.9. The van der Waals surface area contributed by atoms with Crippen molar-refractivity contribution in [3.63, 3.8) is 0 Å². The molecule has 2 atom stereocenters. The highest BCUT2D eigenvalue weighted by molar-refractivity contribution is 5.99. The molecule has 20 heavy (non-hydrogen) atoms. The fraction of sp³-hybridized carbons (Fsp3) is 0.667. The molecule has 2 saturated carbocycles. The maximum atomic E-state index is 10.4. The fourth-order valence-electron chi connectivity index (χ4n) is 2.14. The van der Waals surface area contributed by atoms with E-state index in [0.29, 0.717) is 19.3 Å². The van der Waals surface area contributed by atoms with E-state index in [1.165, 1.54) is 0 Å². The third kappa shape index (κ3) is 2.89. The normalized spacial score (nSPS) is 26.0. The summed E-state index contributed by atoms with van der Waals surface area (Å²) in [5.74, 6) is -5.66. The minimum Gasteiger partial charge on any atom is -0.481 e. The molecular formula is C12H16O8. The Balaban J connectivity index is 0.000000200. The third-order valence-electron chi connectivity index (χ3n) is 3.93. The van der Waals surface area contributed by atoms with Crippen LogP contribution in [0.2, 0.25) is 0 Å². The van der Waals surface area contributed by atoms with E-state index in [-0.39, 0.29) is 12.8 Å². The summed E-state index contributed by atoms with van der Waals surface area (Å²) in [4.78, 5) is 41.2. The van der Waals surface area contributed by atoms with Crippen molar-refractivity contribution in [1.29, 1.82) is 0 Å². The fourth-order valence-corrected chi connectivity index (χ4v) is 2.14. The van der Waals surface area contributed by atoms with Crippen molar-refractivity contribution in [3.8, 4) is 0 Å². The molecule has 8 nitrogen and oxygen atoms in total. The molecule has 2 aliphatic carbocycles. The van der Waals surface area contributed by atoms with Crippen LogP contribution < -0.4 is 0 Å². The van der Waals surface area contributed by atoms with Crippen molar-refractivity contribution in [2.45, 2.75) is 32.1 Å². The van der Waals surface area contributed by atoms with Gasteiger partial charge in [0.2, 0.25) is 0 Å². The highest BCUT2D eigenvalue weighted by Gasteiger charge is 2.51. The highest BCUT2D eigenvalue weighted by Crippen LogP contribution is 2.41. The summed E-state index contributed by atoms with van der Waals surface area (Å²) in [6, 6.07) is 0. The molecule has 0 saturated heterocycles. The van der Waals surface area contributed by atoms with Gasteiger partial charge in [0, 0.05) is 0 Å². The predicted octanol–water partition coefficient (Wildman–Crippen LogP) is 0.508. The Morgan fingerprint density at radius 1 is 0.750 bits per heavy atom. The Kier molecular flexibility index (Phi) is 4.69. The molecule has 0 aliphatic heterocycles. The number of aliphatic carboxylic acids is 4. The van der Waals surface area contributed by atoms with Gasteiger partial charge in [-0.15, -0.1) is 0 Å². The average molecular weight is 288 g/mol. The molecule has 112 valence electrons. The molecule has 0 aromatic carbocycles. The minimum atomic E-state index is -1.44. The van der Waals surface area contributed by atoms with Crippen LogP contribution in [0.5, 0.6) is 0 Å². The van der Waals surface area contributed by atoms with Gasteiger partial charge < -0.3 is 20.4 Å². The van der Waals surface area contributed by atoms with Crippen LogP contribution in [0.25, 0.3) is 0 Å². The van der Waals surface area contributed by atoms with E-state index in [9.17, 15) is 19.2 Å². The largest absolute Gasteiger partial charge is 0.481 e. The molecule has 0 unspecified atom stereocenters. The van der Waals surface area contributed by atoms with Crippen LogP contribution in [0.15, 0.2) is 0 Å². The van der Waals surface area contributed by atoms with Crippen LogP contribution >= 0.6 is 0 Å². The first-order chi connectivity index (χ1) is 9.22. The van der Waals surface area contributed by atoms with Crippen LogP contribution in [0.4, 0.5) is 0 Å². The van der Waals surface area contributed by atoms with E-state index in [4.69, 9.17) is 20.4 Å². The van der Waals surface area contributed by atoms with Crippen LogP contribution in [0.1, 0.15) is 32.1 Å². The summed E-state index contributed by atoms with van der Waals surface area (Å²) in [6.07, 6.45) is 2.27. The van der Waals surface area contributed by atoms with Gasteiger partial charge in [0.05, 0.1) is 11.8 Å². The smallest absolute Gasteiger partial charge is 0.321 e. The second kappa shape index (κ2) is 5.89. The van der Waals surface area contributed by atoms with Gasteiger partial charge in [-0.1, -0.05) is 0 Å². The summed E-state index contributed by atoms with van der Waals surface area (Å²) in [5.41, 5.74) is -1.44. The van der Waals surface area contributed by atoms with Gasteiger partial charge in [0.1, 0.15) is 0 Å². The van der Waals surface area contributed by atoms with Gasteiger partial charge in [-0.05, 0) is 32.1 Å². The average Bonchev–Trinajstić information content (AvgIpc) is 2.09. The van der Waals surface area contributed by atoms with Crippen molar-refractivity contribution in [1.82, 2.24) is 0 Å². The molecule has 0 amide bonds. The molecule has 2 aliphatic rings. The third-order valence-corrected chi connectivity index (χ3v) is 3.93.